The number of thiophene rings is 1. The number of hydrogen-bond donors (Lipinski definition) is 2. The van der Waals surface area contributed by atoms with Gasteiger partial charge in [-0.25, -0.2) is 0 Å². The van der Waals surface area contributed by atoms with E-state index in [4.69, 9.17) is 17.4 Å². The summed E-state index contributed by atoms with van der Waals surface area (Å²) in [5.41, 5.74) is 2.88. The molecular weight excluding hydrogens is 204 g/mol. The van der Waals surface area contributed by atoms with Crippen LogP contribution in [-0.2, 0) is 0 Å². The highest BCUT2D eigenvalue weighted by atomic mass is 35.5. The Balaban J connectivity index is 2.13. The zero-order valence-corrected chi connectivity index (χ0v) is 9.03. The van der Waals surface area contributed by atoms with E-state index in [1.54, 1.807) is 11.3 Å². The molecule has 0 aromatic carbocycles. The lowest BCUT2D eigenvalue weighted by Crippen LogP contribution is -2.29. The number of nitrogens with two attached hydrogens (primary N) is 1. The quantitative estimate of drug-likeness (QED) is 0.602. The summed E-state index contributed by atoms with van der Waals surface area (Å²) in [5.74, 6) is 7.02. The third-order valence-electron chi connectivity index (χ3n) is 2.68. The van der Waals surface area contributed by atoms with Crippen LogP contribution in [0, 0.1) is 11.8 Å². The van der Waals surface area contributed by atoms with Gasteiger partial charge in [-0.05, 0) is 30.4 Å². The van der Waals surface area contributed by atoms with E-state index in [0.29, 0.717) is 12.0 Å². The summed E-state index contributed by atoms with van der Waals surface area (Å²) in [6.07, 6.45) is 1.27. The summed E-state index contributed by atoms with van der Waals surface area (Å²) in [6, 6.07) is 4.29. The second-order valence-electron chi connectivity index (χ2n) is 3.66. The number of halogens is 1. The second kappa shape index (κ2) is 3.58. The van der Waals surface area contributed by atoms with Crippen molar-refractivity contribution in [1.82, 2.24) is 5.43 Å². The molecule has 0 bridgehead atoms. The minimum atomic E-state index is 0.299. The van der Waals surface area contributed by atoms with Crippen LogP contribution >= 0.6 is 22.9 Å². The minimum absolute atomic E-state index is 0.299. The van der Waals surface area contributed by atoms with Crippen molar-refractivity contribution in [1.29, 1.82) is 0 Å². The van der Waals surface area contributed by atoms with Gasteiger partial charge in [-0.3, -0.25) is 11.3 Å². The molecule has 72 valence electrons. The molecular formula is C9H13ClN2S. The molecule has 1 heterocycles. The Hall–Kier alpha value is -0.0900. The summed E-state index contributed by atoms with van der Waals surface area (Å²) in [6.45, 7) is 2.25. The number of nitrogens with one attached hydrogen (secondary N) is 1. The summed E-state index contributed by atoms with van der Waals surface area (Å²) in [4.78, 5) is 1.25. The predicted molar refractivity (Wildman–Crippen MR) is 56.7 cm³/mol. The van der Waals surface area contributed by atoms with Crippen molar-refractivity contribution in [2.24, 2.45) is 17.7 Å². The Kier molecular flexibility index (Phi) is 2.60. The number of hydrazine groups is 1. The van der Waals surface area contributed by atoms with E-state index in [9.17, 15) is 0 Å². The molecule has 1 aliphatic carbocycles. The first-order valence-electron chi connectivity index (χ1n) is 4.43. The lowest BCUT2D eigenvalue weighted by Gasteiger charge is -2.12. The van der Waals surface area contributed by atoms with Gasteiger partial charge in [0.05, 0.1) is 10.4 Å². The van der Waals surface area contributed by atoms with E-state index >= 15 is 0 Å². The maximum Gasteiger partial charge on any atom is 0.0931 e. The van der Waals surface area contributed by atoms with Gasteiger partial charge in [-0.2, -0.15) is 0 Å². The van der Waals surface area contributed by atoms with Crippen LogP contribution < -0.4 is 11.3 Å². The van der Waals surface area contributed by atoms with Gasteiger partial charge in [0, 0.05) is 4.88 Å². The molecule has 13 heavy (non-hydrogen) atoms. The molecule has 2 rings (SSSR count). The first-order valence-corrected chi connectivity index (χ1v) is 5.63. The van der Waals surface area contributed by atoms with Gasteiger partial charge in [-0.15, -0.1) is 11.3 Å². The van der Waals surface area contributed by atoms with Crippen LogP contribution in [0.25, 0.3) is 0 Å². The fourth-order valence-corrected chi connectivity index (χ4v) is 2.92. The normalized spacial score (nSPS) is 28.8. The third kappa shape index (κ3) is 1.89. The third-order valence-corrected chi connectivity index (χ3v) is 3.99. The van der Waals surface area contributed by atoms with E-state index in [2.05, 4.69) is 18.4 Å². The molecule has 1 fully saturated rings. The summed E-state index contributed by atoms with van der Waals surface area (Å²) in [7, 11) is 0. The first kappa shape index (κ1) is 9.46. The molecule has 3 N–H and O–H groups in total. The molecule has 1 aromatic rings. The van der Waals surface area contributed by atoms with Crippen molar-refractivity contribution in [3.8, 4) is 0 Å². The van der Waals surface area contributed by atoms with Crippen molar-refractivity contribution in [2.75, 3.05) is 0 Å². The molecule has 0 amide bonds. The molecule has 3 unspecified atom stereocenters. The van der Waals surface area contributed by atoms with Crippen molar-refractivity contribution >= 4 is 22.9 Å². The Labute approximate surface area is 87.1 Å². The maximum atomic E-state index is 5.87. The van der Waals surface area contributed by atoms with Crippen LogP contribution in [0.2, 0.25) is 4.34 Å². The van der Waals surface area contributed by atoms with Crippen molar-refractivity contribution in [2.45, 2.75) is 19.4 Å². The average Bonchev–Trinajstić information content (AvgIpc) is 2.62. The molecule has 1 aliphatic rings. The molecule has 3 atom stereocenters. The number of rotatable bonds is 3. The molecule has 0 aliphatic heterocycles. The van der Waals surface area contributed by atoms with Gasteiger partial charge in [0.2, 0.25) is 0 Å². The van der Waals surface area contributed by atoms with Gasteiger partial charge < -0.3 is 0 Å². The fourth-order valence-electron chi connectivity index (χ4n) is 1.73. The van der Waals surface area contributed by atoms with Crippen LogP contribution in [0.15, 0.2) is 12.1 Å². The molecule has 1 saturated carbocycles. The van der Waals surface area contributed by atoms with Crippen molar-refractivity contribution in [3.63, 3.8) is 0 Å². The van der Waals surface area contributed by atoms with E-state index in [1.807, 2.05) is 6.07 Å². The van der Waals surface area contributed by atoms with Crippen LogP contribution in [-0.4, -0.2) is 0 Å². The first-order chi connectivity index (χ1) is 6.22. The summed E-state index contributed by atoms with van der Waals surface area (Å²) in [5, 5.41) is 0. The van der Waals surface area contributed by atoms with E-state index < -0.39 is 0 Å². The van der Waals surface area contributed by atoms with Crippen molar-refractivity contribution in [3.05, 3.63) is 21.3 Å². The van der Waals surface area contributed by atoms with Gasteiger partial charge in [0.1, 0.15) is 0 Å². The monoisotopic (exact) mass is 216 g/mol. The van der Waals surface area contributed by atoms with Gasteiger partial charge in [0.15, 0.2) is 0 Å². The zero-order chi connectivity index (χ0) is 9.42. The highest BCUT2D eigenvalue weighted by Crippen LogP contribution is 2.48. The smallest absolute Gasteiger partial charge is 0.0931 e. The zero-order valence-electron chi connectivity index (χ0n) is 7.46. The fraction of sp³-hybridized carbons (Fsp3) is 0.556. The molecule has 2 nitrogen and oxygen atoms in total. The molecule has 0 saturated heterocycles. The summed E-state index contributed by atoms with van der Waals surface area (Å²) < 4.78 is 0.837. The Morgan fingerprint density at radius 3 is 2.77 bits per heavy atom. The summed E-state index contributed by atoms with van der Waals surface area (Å²) >= 11 is 7.49. The standard InChI is InChI=1S/C9H13ClN2S/c1-5-4-6(5)9(12-11)7-2-3-8(10)13-7/h2-3,5-6,9,12H,4,11H2,1H3. The van der Waals surface area contributed by atoms with Crippen LogP contribution in [0.3, 0.4) is 0 Å². The van der Waals surface area contributed by atoms with E-state index in [-0.39, 0.29) is 0 Å². The molecule has 0 radical (unpaired) electrons. The van der Waals surface area contributed by atoms with E-state index in [1.165, 1.54) is 11.3 Å². The van der Waals surface area contributed by atoms with Gasteiger partial charge in [0.25, 0.3) is 0 Å². The van der Waals surface area contributed by atoms with Crippen molar-refractivity contribution < 1.29 is 0 Å². The SMILES string of the molecule is CC1CC1C(NN)c1ccc(Cl)s1. The minimum Gasteiger partial charge on any atom is -0.271 e. The van der Waals surface area contributed by atoms with Crippen LogP contribution in [0.4, 0.5) is 0 Å². The maximum absolute atomic E-state index is 5.87. The second-order valence-corrected chi connectivity index (χ2v) is 5.41. The highest BCUT2D eigenvalue weighted by Gasteiger charge is 2.40. The Morgan fingerprint density at radius 2 is 2.38 bits per heavy atom. The van der Waals surface area contributed by atoms with Gasteiger partial charge in [-0.1, -0.05) is 18.5 Å². The predicted octanol–water partition coefficient (Wildman–Crippen LogP) is 2.56. The number of hydrogen-bond acceptors (Lipinski definition) is 3. The Morgan fingerprint density at radius 1 is 1.69 bits per heavy atom. The molecule has 0 spiro atoms. The van der Waals surface area contributed by atoms with Crippen LogP contribution in [0.5, 0.6) is 0 Å². The lowest BCUT2D eigenvalue weighted by atomic mass is 10.1. The average molecular weight is 217 g/mol. The molecule has 1 aromatic heterocycles. The van der Waals surface area contributed by atoms with Crippen LogP contribution in [0.1, 0.15) is 24.3 Å². The van der Waals surface area contributed by atoms with Gasteiger partial charge >= 0.3 is 0 Å². The topological polar surface area (TPSA) is 38.0 Å². The molecule has 4 heteroatoms. The highest BCUT2D eigenvalue weighted by molar-refractivity contribution is 7.16. The largest absolute Gasteiger partial charge is 0.271 e. The lowest BCUT2D eigenvalue weighted by molar-refractivity contribution is 0.483. The van der Waals surface area contributed by atoms with E-state index in [0.717, 1.165) is 10.3 Å². The Bertz CT molecular complexity index is 300.